The van der Waals surface area contributed by atoms with Crippen LogP contribution in [0, 0.1) is 6.92 Å². The lowest BCUT2D eigenvalue weighted by Gasteiger charge is -2.41. The van der Waals surface area contributed by atoms with Gasteiger partial charge < -0.3 is 34.1 Å². The first-order chi connectivity index (χ1) is 20.9. The lowest BCUT2D eigenvalue weighted by atomic mass is 9.80. The van der Waals surface area contributed by atoms with Crippen molar-refractivity contribution < 1.29 is 28.9 Å². The van der Waals surface area contributed by atoms with Crippen LogP contribution in [0.2, 0.25) is 0 Å². The number of nitrogens with one attached hydrogen (secondary N) is 1. The van der Waals surface area contributed by atoms with Crippen LogP contribution in [0.15, 0.2) is 36.7 Å². The third-order valence-electron chi connectivity index (χ3n) is 8.20. The predicted molar refractivity (Wildman–Crippen MR) is 170 cm³/mol. The Kier molecular flexibility index (Phi) is 11.8. The molecule has 5 rings (SSSR count). The van der Waals surface area contributed by atoms with E-state index in [9.17, 15) is 14.7 Å². The Bertz CT molecular complexity index is 1400. The van der Waals surface area contributed by atoms with Crippen LogP contribution in [-0.2, 0) is 9.47 Å². The maximum atomic E-state index is 14.3. The number of aryl methyl sites for hydroxylation is 1. The molecule has 2 N–H and O–H groups in total. The van der Waals surface area contributed by atoms with E-state index in [4.69, 9.17) is 19.2 Å². The van der Waals surface area contributed by atoms with Gasteiger partial charge in [-0.05, 0) is 26.7 Å². The van der Waals surface area contributed by atoms with Gasteiger partial charge in [0.1, 0.15) is 5.60 Å². The number of piperazine rings is 1. The van der Waals surface area contributed by atoms with Gasteiger partial charge in [-0.15, -0.1) is 23.7 Å². The second-order valence-corrected chi connectivity index (χ2v) is 12.3. The summed E-state index contributed by atoms with van der Waals surface area (Å²) in [6.45, 7) is 6.13. The number of esters is 1. The molecule has 1 saturated carbocycles. The summed E-state index contributed by atoms with van der Waals surface area (Å²) in [6.07, 6.45) is 5.52. The lowest BCUT2D eigenvalue weighted by Crippen LogP contribution is -2.54. The number of halogens is 1. The second-order valence-electron chi connectivity index (χ2n) is 11.1. The van der Waals surface area contributed by atoms with Gasteiger partial charge in [-0.1, -0.05) is 43.2 Å². The summed E-state index contributed by atoms with van der Waals surface area (Å²) in [5.41, 5.74) is 0.888. The number of thiazole rings is 1. The van der Waals surface area contributed by atoms with Crippen molar-refractivity contribution in [1.29, 1.82) is 0 Å². The Morgan fingerprint density at radius 2 is 2.02 bits per heavy atom. The van der Waals surface area contributed by atoms with Crippen molar-refractivity contribution in [3.63, 3.8) is 0 Å². The van der Waals surface area contributed by atoms with Gasteiger partial charge >= 0.3 is 5.97 Å². The molecule has 0 unspecified atom stereocenters. The number of aliphatic hydroxyl groups is 1. The number of amides is 1. The number of methoxy groups -OCH3 is 1. The number of carbonyl (C=O) groups is 2. The van der Waals surface area contributed by atoms with Crippen LogP contribution in [0.5, 0.6) is 5.88 Å². The molecule has 3 heterocycles. The smallest absolute Gasteiger partial charge is 0.353 e. The van der Waals surface area contributed by atoms with Crippen molar-refractivity contribution in [1.82, 2.24) is 24.8 Å². The van der Waals surface area contributed by atoms with E-state index in [1.54, 1.807) is 20.4 Å². The molecule has 1 aliphatic heterocycles. The summed E-state index contributed by atoms with van der Waals surface area (Å²) in [7, 11) is 1.60. The minimum atomic E-state index is -1.05. The Labute approximate surface area is 268 Å². The molecule has 1 aromatic carbocycles. The number of ether oxygens (including phenoxy) is 3. The van der Waals surface area contributed by atoms with Gasteiger partial charge in [0.2, 0.25) is 5.88 Å². The number of imidazole rings is 1. The SMILES string of the molecule is CCOC(=O)c1sc(C)nc1OCC[C@@H]1CNCCN1C(=O)c1ncn([C@@H]2CCCC[C@@]2(O)COC)c1-c1ccccc1.Cl. The quantitative estimate of drug-likeness (QED) is 0.293. The Morgan fingerprint density at radius 1 is 1.23 bits per heavy atom. The molecule has 0 spiro atoms. The van der Waals surface area contributed by atoms with Crippen molar-refractivity contribution in [3.05, 3.63) is 52.2 Å². The lowest BCUT2D eigenvalue weighted by molar-refractivity contribution is -0.0893. The monoisotopic (exact) mass is 647 g/mol. The van der Waals surface area contributed by atoms with Crippen molar-refractivity contribution >= 4 is 35.6 Å². The van der Waals surface area contributed by atoms with E-state index in [0.717, 1.165) is 24.8 Å². The highest BCUT2D eigenvalue weighted by molar-refractivity contribution is 7.13. The maximum absolute atomic E-state index is 14.3. The first kappa shape index (κ1) is 33.9. The number of carbonyl (C=O) groups excluding carboxylic acids is 2. The summed E-state index contributed by atoms with van der Waals surface area (Å²) in [5, 5.41) is 15.8. The molecule has 1 amide bonds. The summed E-state index contributed by atoms with van der Waals surface area (Å²) < 4.78 is 18.5. The van der Waals surface area contributed by atoms with Gasteiger partial charge in [0.05, 0.1) is 42.9 Å². The van der Waals surface area contributed by atoms with E-state index < -0.39 is 11.6 Å². The summed E-state index contributed by atoms with van der Waals surface area (Å²) in [5.74, 6) is -0.339. The number of aromatic nitrogens is 3. The number of rotatable bonds is 11. The van der Waals surface area contributed by atoms with Gasteiger partial charge in [0.25, 0.3) is 5.91 Å². The largest absolute Gasteiger partial charge is 0.476 e. The molecular formula is C31H42ClN5O6S. The minimum absolute atomic E-state index is 0. The molecule has 11 nitrogen and oxygen atoms in total. The van der Waals surface area contributed by atoms with Gasteiger partial charge in [-0.2, -0.15) is 0 Å². The number of hydrogen-bond donors (Lipinski definition) is 2. The zero-order valence-corrected chi connectivity index (χ0v) is 27.1. The Balaban J connectivity index is 0.00000442. The first-order valence-electron chi connectivity index (χ1n) is 15.0. The fraction of sp³-hybridized carbons (Fsp3) is 0.548. The highest BCUT2D eigenvalue weighted by atomic mass is 35.5. The fourth-order valence-corrected chi connectivity index (χ4v) is 6.96. The Morgan fingerprint density at radius 3 is 2.77 bits per heavy atom. The number of nitrogens with zero attached hydrogens (tertiary/aromatic N) is 4. The van der Waals surface area contributed by atoms with Gasteiger partial charge in [0.15, 0.2) is 10.6 Å². The maximum Gasteiger partial charge on any atom is 0.353 e. The minimum Gasteiger partial charge on any atom is -0.476 e. The zero-order chi connectivity index (χ0) is 30.4. The normalized spacial score (nSPS) is 21.9. The van der Waals surface area contributed by atoms with Crippen LogP contribution in [-0.4, -0.2) is 94.6 Å². The third-order valence-corrected chi connectivity index (χ3v) is 9.13. The molecule has 0 radical (unpaired) electrons. The highest BCUT2D eigenvalue weighted by Gasteiger charge is 2.42. The van der Waals surface area contributed by atoms with E-state index in [2.05, 4.69) is 10.3 Å². The molecule has 2 aromatic heterocycles. The van der Waals surface area contributed by atoms with Gasteiger partial charge in [0, 0.05) is 44.8 Å². The molecule has 1 saturated heterocycles. The van der Waals surface area contributed by atoms with Crippen molar-refractivity contribution in [2.45, 2.75) is 63.6 Å². The van der Waals surface area contributed by atoms with Crippen LogP contribution in [0.4, 0.5) is 0 Å². The van der Waals surface area contributed by atoms with Crippen LogP contribution in [0.3, 0.4) is 0 Å². The average molecular weight is 648 g/mol. The van der Waals surface area contributed by atoms with Gasteiger partial charge in [-0.3, -0.25) is 4.79 Å². The molecule has 240 valence electrons. The molecule has 3 aromatic rings. The molecule has 3 atom stereocenters. The summed E-state index contributed by atoms with van der Waals surface area (Å²) >= 11 is 1.24. The van der Waals surface area contributed by atoms with Crippen molar-refractivity contribution in [2.75, 3.05) is 46.6 Å². The molecular weight excluding hydrogens is 606 g/mol. The van der Waals surface area contributed by atoms with Crippen molar-refractivity contribution in [3.8, 4) is 17.1 Å². The van der Waals surface area contributed by atoms with E-state index >= 15 is 0 Å². The van der Waals surface area contributed by atoms with Crippen molar-refractivity contribution in [2.24, 2.45) is 0 Å². The molecule has 13 heteroatoms. The zero-order valence-electron chi connectivity index (χ0n) is 25.5. The summed E-state index contributed by atoms with van der Waals surface area (Å²) in [6, 6.07) is 9.36. The number of hydrogen-bond acceptors (Lipinski definition) is 10. The van der Waals surface area contributed by atoms with Gasteiger partial charge in [-0.25, -0.2) is 14.8 Å². The second kappa shape index (κ2) is 15.3. The topological polar surface area (TPSA) is 128 Å². The molecule has 0 bridgehead atoms. The molecule has 2 aliphatic rings. The highest BCUT2D eigenvalue weighted by Crippen LogP contribution is 2.41. The fourth-order valence-electron chi connectivity index (χ4n) is 6.20. The summed E-state index contributed by atoms with van der Waals surface area (Å²) in [4.78, 5) is 37.9. The number of benzene rings is 1. The molecule has 1 aliphatic carbocycles. The van der Waals surface area contributed by atoms with E-state index in [0.29, 0.717) is 53.7 Å². The predicted octanol–water partition coefficient (Wildman–Crippen LogP) is 4.29. The van der Waals surface area contributed by atoms with Crippen LogP contribution in [0.25, 0.3) is 11.3 Å². The molecule has 2 fully saturated rings. The average Bonchev–Trinajstić information content (AvgIpc) is 3.61. The molecule has 44 heavy (non-hydrogen) atoms. The first-order valence-corrected chi connectivity index (χ1v) is 15.8. The van der Waals surface area contributed by atoms with E-state index in [1.807, 2.05) is 46.7 Å². The van der Waals surface area contributed by atoms with E-state index in [1.165, 1.54) is 11.3 Å². The standard InChI is InChI=1S/C31H41N5O6S.ClH/c1-4-41-30(38)27-28(34-21(2)43-27)42-17-13-23-18-32-15-16-35(23)29(37)25-26(22-10-6-5-7-11-22)36(20-33-25)24-12-8-9-14-31(24,39)19-40-3;/h5-7,10-11,20,23-24,32,39H,4,8-9,12-19H2,1-3H3;1H/t23-,24-,31-;/m1./s1. The van der Waals surface area contributed by atoms with Crippen LogP contribution >= 0.6 is 23.7 Å². The van der Waals surface area contributed by atoms with Crippen LogP contribution < -0.4 is 10.1 Å². The Hall–Kier alpha value is -3.03. The third kappa shape index (κ3) is 7.26. The van der Waals surface area contributed by atoms with E-state index in [-0.39, 0.29) is 56.1 Å². The van der Waals surface area contributed by atoms with Crippen LogP contribution in [0.1, 0.15) is 70.2 Å².